The molecule has 0 saturated carbocycles. The summed E-state index contributed by atoms with van der Waals surface area (Å²) >= 11 is 0. The fourth-order valence-electron chi connectivity index (χ4n) is 9.87. The van der Waals surface area contributed by atoms with Crippen molar-refractivity contribution in [2.45, 2.75) is 342 Å². The van der Waals surface area contributed by atoms with Gasteiger partial charge in [0, 0.05) is 25.7 Å². The van der Waals surface area contributed by atoms with Gasteiger partial charge in [0.15, 0.2) is 12.2 Å². The molecule has 0 rings (SSSR count). The summed E-state index contributed by atoms with van der Waals surface area (Å²) in [5.41, 5.74) is 0. The third-order valence-corrected chi connectivity index (χ3v) is 17.2. The van der Waals surface area contributed by atoms with Crippen LogP contribution in [0.15, 0.2) is 24.3 Å². The van der Waals surface area contributed by atoms with E-state index in [4.69, 9.17) is 37.0 Å². The van der Waals surface area contributed by atoms with Crippen molar-refractivity contribution < 1.29 is 80.2 Å². The van der Waals surface area contributed by atoms with Gasteiger partial charge in [-0.15, -0.1) is 0 Å². The maximum Gasteiger partial charge on any atom is 0.472 e. The third kappa shape index (κ3) is 62.4. The summed E-state index contributed by atoms with van der Waals surface area (Å²) in [6, 6.07) is 0. The monoisotopic (exact) mass is 1290 g/mol. The number of aliphatic hydroxyl groups excluding tert-OH is 1. The molecule has 0 radical (unpaired) electrons. The van der Waals surface area contributed by atoms with Crippen LogP contribution in [-0.4, -0.2) is 96.7 Å². The fourth-order valence-corrected chi connectivity index (χ4v) is 11.5. The minimum Gasteiger partial charge on any atom is -0.462 e. The van der Waals surface area contributed by atoms with Crippen LogP contribution in [0, 0.1) is 11.8 Å². The maximum atomic E-state index is 13.0. The van der Waals surface area contributed by atoms with Crippen LogP contribution in [0.25, 0.3) is 0 Å². The molecule has 0 aliphatic rings. The number of aliphatic hydroxyl groups is 1. The number of ether oxygens (including phenoxy) is 4. The van der Waals surface area contributed by atoms with E-state index in [9.17, 15) is 43.2 Å². The molecule has 88 heavy (non-hydrogen) atoms. The Morgan fingerprint density at radius 2 is 0.614 bits per heavy atom. The average molecular weight is 1290 g/mol. The van der Waals surface area contributed by atoms with Crippen LogP contribution in [0.1, 0.15) is 324 Å². The number of allylic oxidation sites excluding steroid dienone is 4. The summed E-state index contributed by atoms with van der Waals surface area (Å²) < 4.78 is 68.1. The lowest BCUT2D eigenvalue weighted by Crippen LogP contribution is -2.30. The Bertz CT molecular complexity index is 1810. The van der Waals surface area contributed by atoms with Crippen LogP contribution < -0.4 is 0 Å². The first-order chi connectivity index (χ1) is 42.4. The predicted octanol–water partition coefficient (Wildman–Crippen LogP) is 19.2. The summed E-state index contributed by atoms with van der Waals surface area (Å²) in [6.45, 7) is 9.41. The van der Waals surface area contributed by atoms with Crippen molar-refractivity contribution >= 4 is 39.5 Å². The van der Waals surface area contributed by atoms with Gasteiger partial charge < -0.3 is 33.8 Å². The molecule has 3 N–H and O–H groups in total. The zero-order valence-corrected chi connectivity index (χ0v) is 58.3. The number of carbonyl (C=O) groups excluding carboxylic acids is 4. The lowest BCUT2D eigenvalue weighted by Gasteiger charge is -2.21. The number of phosphoric acid groups is 2. The van der Waals surface area contributed by atoms with Crippen molar-refractivity contribution in [3.05, 3.63) is 24.3 Å². The minimum absolute atomic E-state index is 0.0846. The highest BCUT2D eigenvalue weighted by Gasteiger charge is 2.30. The van der Waals surface area contributed by atoms with Crippen molar-refractivity contribution in [3.8, 4) is 0 Å². The highest BCUT2D eigenvalue weighted by atomic mass is 31.2. The summed E-state index contributed by atoms with van der Waals surface area (Å²) in [5, 5.41) is 10.6. The molecule has 2 unspecified atom stereocenters. The fraction of sp³-hybridized carbons (Fsp3) is 0.884. The molecule has 0 fully saturated rings. The second-order valence-corrected chi connectivity index (χ2v) is 28.1. The van der Waals surface area contributed by atoms with E-state index < -0.39 is 97.5 Å². The van der Waals surface area contributed by atoms with Crippen LogP contribution in [-0.2, 0) is 65.4 Å². The van der Waals surface area contributed by atoms with Gasteiger partial charge in [-0.05, 0) is 63.2 Å². The number of unbranched alkanes of at least 4 members (excludes halogenated alkanes) is 33. The van der Waals surface area contributed by atoms with Gasteiger partial charge in [-0.1, -0.05) is 271 Å². The number of phosphoric ester groups is 2. The van der Waals surface area contributed by atoms with Gasteiger partial charge in [-0.25, -0.2) is 9.13 Å². The van der Waals surface area contributed by atoms with Crippen molar-refractivity contribution in [3.63, 3.8) is 0 Å². The smallest absolute Gasteiger partial charge is 0.462 e. The van der Waals surface area contributed by atoms with Crippen LogP contribution in [0.5, 0.6) is 0 Å². The third-order valence-electron chi connectivity index (χ3n) is 15.3. The summed E-state index contributed by atoms with van der Waals surface area (Å²) in [5.74, 6) is -0.669. The second-order valence-electron chi connectivity index (χ2n) is 25.2. The molecule has 0 aromatic rings. The first-order valence-electron chi connectivity index (χ1n) is 35.3. The van der Waals surface area contributed by atoms with E-state index in [1.165, 1.54) is 122 Å². The normalized spacial score (nSPS) is 14.4. The molecule has 17 nitrogen and oxygen atoms in total. The van der Waals surface area contributed by atoms with E-state index in [2.05, 4.69) is 65.8 Å². The van der Waals surface area contributed by atoms with E-state index in [0.717, 1.165) is 121 Å². The zero-order chi connectivity index (χ0) is 65.0. The second kappa shape index (κ2) is 60.8. The maximum absolute atomic E-state index is 13.0. The van der Waals surface area contributed by atoms with Gasteiger partial charge in [0.1, 0.15) is 19.3 Å². The summed E-state index contributed by atoms with van der Waals surface area (Å²) in [4.78, 5) is 72.4. The number of hydrogen-bond acceptors (Lipinski definition) is 15. The molecule has 0 spiro atoms. The number of rotatable bonds is 66. The quantitative estimate of drug-likeness (QED) is 0.0169. The Balaban J connectivity index is 5.27. The first kappa shape index (κ1) is 85.5. The van der Waals surface area contributed by atoms with E-state index in [1.54, 1.807) is 0 Å². The summed E-state index contributed by atoms with van der Waals surface area (Å²) in [6.07, 6.45) is 48.0. The molecule has 0 bridgehead atoms. The molecule has 0 saturated heterocycles. The van der Waals surface area contributed by atoms with Gasteiger partial charge in [0.2, 0.25) is 0 Å². The Morgan fingerprint density at radius 3 is 0.932 bits per heavy atom. The molecule has 0 heterocycles. The molecule has 0 aromatic heterocycles. The highest BCUT2D eigenvalue weighted by molar-refractivity contribution is 7.47. The average Bonchev–Trinajstić information content (AvgIpc) is 3.69. The summed E-state index contributed by atoms with van der Waals surface area (Å²) in [7, 11) is -9.91. The largest absolute Gasteiger partial charge is 0.472 e. The van der Waals surface area contributed by atoms with Gasteiger partial charge >= 0.3 is 39.5 Å². The SMILES string of the molecule is CCCCCC/C=C\C=C/CCCCCCCC(=O)O[C@H](COC(=O)CCCCCCCCCCCCC(C)C)COP(=O)(O)OC[C@@H](O)COP(=O)(O)OC[C@@H](COC(=O)CCCCCCCCCC)OC(=O)CCCCCCCCCCCC(C)C. The molecule has 0 aliphatic heterocycles. The molecule has 5 atom stereocenters. The Hall–Kier alpha value is -2.46. The molecule has 0 aliphatic carbocycles. The van der Waals surface area contributed by atoms with Gasteiger partial charge in [0.05, 0.1) is 26.4 Å². The van der Waals surface area contributed by atoms with Crippen molar-refractivity contribution in [1.29, 1.82) is 0 Å². The van der Waals surface area contributed by atoms with E-state index in [0.29, 0.717) is 25.7 Å². The predicted molar refractivity (Wildman–Crippen MR) is 354 cm³/mol. The number of esters is 4. The Kier molecular flexibility index (Phi) is 59.1. The van der Waals surface area contributed by atoms with Crippen LogP contribution in [0.4, 0.5) is 0 Å². The molecule has 0 aromatic carbocycles. The lowest BCUT2D eigenvalue weighted by atomic mass is 10.0. The van der Waals surface area contributed by atoms with Gasteiger partial charge in [0.25, 0.3) is 0 Å². The Morgan fingerprint density at radius 1 is 0.352 bits per heavy atom. The van der Waals surface area contributed by atoms with Crippen LogP contribution in [0.2, 0.25) is 0 Å². The molecular formula is C69H130O17P2. The zero-order valence-electron chi connectivity index (χ0n) is 56.5. The molecule has 0 amide bonds. The highest BCUT2D eigenvalue weighted by Crippen LogP contribution is 2.45. The molecule has 518 valence electrons. The Labute approximate surface area is 535 Å². The minimum atomic E-state index is -4.96. The van der Waals surface area contributed by atoms with Crippen molar-refractivity contribution in [2.75, 3.05) is 39.6 Å². The van der Waals surface area contributed by atoms with Crippen LogP contribution in [0.3, 0.4) is 0 Å². The molecule has 19 heteroatoms. The van der Waals surface area contributed by atoms with Gasteiger partial charge in [-0.2, -0.15) is 0 Å². The first-order valence-corrected chi connectivity index (χ1v) is 38.3. The van der Waals surface area contributed by atoms with E-state index >= 15 is 0 Å². The number of carbonyl (C=O) groups is 4. The van der Waals surface area contributed by atoms with Gasteiger partial charge in [-0.3, -0.25) is 37.3 Å². The van der Waals surface area contributed by atoms with Crippen molar-refractivity contribution in [1.82, 2.24) is 0 Å². The topological polar surface area (TPSA) is 237 Å². The van der Waals surface area contributed by atoms with Crippen molar-refractivity contribution in [2.24, 2.45) is 11.8 Å². The van der Waals surface area contributed by atoms with E-state index in [-0.39, 0.29) is 25.7 Å². The standard InChI is InChI=1S/C69H130O17P2/c1-7-9-11-13-15-17-18-19-20-21-22-29-35-41-47-53-68(73)85-65(58-80-67(72)52-46-40-34-28-24-23-26-31-37-43-49-61(3)4)60-84-88(77,78)82-56-63(70)55-81-87(75,76)83-59-64(57-79-66(71)51-45-39-33-16-14-12-10-8-2)86-69(74)54-48-42-36-30-25-27-32-38-44-50-62(5)6/h17-20,61-65,70H,7-16,21-60H2,1-6H3,(H,75,76)(H,77,78)/b18-17-,20-19-/t63-,64+,65+/m0/s1. The molecular weight excluding hydrogens is 1160 g/mol. The lowest BCUT2D eigenvalue weighted by molar-refractivity contribution is -0.161. The van der Waals surface area contributed by atoms with E-state index in [1.807, 2.05) is 0 Å². The number of hydrogen-bond donors (Lipinski definition) is 3. The van der Waals surface area contributed by atoms with Crippen LogP contribution >= 0.6 is 15.6 Å².